The van der Waals surface area contributed by atoms with Crippen LogP contribution < -0.4 is 5.32 Å². The monoisotopic (exact) mass is 266 g/mol. The molecule has 0 saturated carbocycles. The molecule has 1 aromatic carbocycles. The molecular weight excluding hydrogens is 248 g/mol. The van der Waals surface area contributed by atoms with Crippen molar-refractivity contribution in [1.29, 1.82) is 0 Å². The van der Waals surface area contributed by atoms with Crippen molar-refractivity contribution >= 4 is 16.7 Å². The molecule has 0 bridgehead atoms. The van der Waals surface area contributed by atoms with Crippen molar-refractivity contribution < 1.29 is 0 Å². The number of fused-ring (bicyclic) bond motifs is 1. The molecule has 1 N–H and O–H groups in total. The average Bonchev–Trinajstić information content (AvgIpc) is 2.85. The summed E-state index contributed by atoms with van der Waals surface area (Å²) in [6.45, 7) is 2.95. The van der Waals surface area contributed by atoms with Gasteiger partial charge in [-0.15, -0.1) is 0 Å². The average molecular weight is 266 g/mol. The van der Waals surface area contributed by atoms with E-state index < -0.39 is 0 Å². The summed E-state index contributed by atoms with van der Waals surface area (Å²) in [6.07, 6.45) is 4.90. The zero-order valence-corrected chi connectivity index (χ0v) is 11.8. The van der Waals surface area contributed by atoms with Gasteiger partial charge in [-0.2, -0.15) is 5.10 Å². The number of pyridine rings is 1. The van der Waals surface area contributed by atoms with Crippen LogP contribution in [0.1, 0.15) is 11.1 Å². The highest BCUT2D eigenvalue weighted by Gasteiger charge is 2.03. The fourth-order valence-electron chi connectivity index (χ4n) is 2.33. The van der Waals surface area contributed by atoms with E-state index in [-0.39, 0.29) is 0 Å². The second kappa shape index (κ2) is 5.33. The minimum atomic E-state index is 0.859. The van der Waals surface area contributed by atoms with Gasteiger partial charge in [-0.3, -0.25) is 4.68 Å². The van der Waals surface area contributed by atoms with Gasteiger partial charge in [-0.25, -0.2) is 4.98 Å². The Morgan fingerprint density at radius 2 is 2.10 bits per heavy atom. The fourth-order valence-corrected chi connectivity index (χ4v) is 2.33. The summed E-state index contributed by atoms with van der Waals surface area (Å²) in [5.41, 5.74) is 3.44. The van der Waals surface area contributed by atoms with Gasteiger partial charge in [0.05, 0.1) is 11.7 Å². The standard InChI is InChI=1S/C16H18N4/c1-12-9-14-5-3-4-6-15(14)19-16(12)17-8-7-13-10-18-20(2)11-13/h3-6,9-11H,7-8H2,1-2H3,(H,17,19). The molecule has 0 fully saturated rings. The lowest BCUT2D eigenvalue weighted by molar-refractivity contribution is 0.767. The molecule has 102 valence electrons. The van der Waals surface area contributed by atoms with Gasteiger partial charge in [-0.1, -0.05) is 18.2 Å². The molecule has 0 amide bonds. The lowest BCUT2D eigenvalue weighted by Gasteiger charge is -2.09. The van der Waals surface area contributed by atoms with Crippen molar-refractivity contribution in [3.8, 4) is 0 Å². The molecular formula is C16H18N4. The van der Waals surface area contributed by atoms with Crippen molar-refractivity contribution in [2.24, 2.45) is 7.05 Å². The maximum atomic E-state index is 4.68. The first kappa shape index (κ1) is 12.7. The molecule has 0 saturated heterocycles. The molecule has 0 radical (unpaired) electrons. The van der Waals surface area contributed by atoms with Crippen molar-refractivity contribution in [2.45, 2.75) is 13.3 Å². The number of hydrogen-bond donors (Lipinski definition) is 1. The Bertz CT molecular complexity index is 730. The second-order valence-electron chi connectivity index (χ2n) is 5.05. The molecule has 4 heteroatoms. The second-order valence-corrected chi connectivity index (χ2v) is 5.05. The van der Waals surface area contributed by atoms with Crippen LogP contribution in [0.25, 0.3) is 10.9 Å². The van der Waals surface area contributed by atoms with Crippen LogP contribution in [0.5, 0.6) is 0 Å². The Morgan fingerprint density at radius 3 is 2.90 bits per heavy atom. The summed E-state index contributed by atoms with van der Waals surface area (Å²) in [5, 5.41) is 8.77. The number of aryl methyl sites for hydroxylation is 2. The third kappa shape index (κ3) is 2.64. The molecule has 0 atom stereocenters. The van der Waals surface area contributed by atoms with Crippen LogP contribution in [0.2, 0.25) is 0 Å². The van der Waals surface area contributed by atoms with E-state index in [0.29, 0.717) is 0 Å². The third-order valence-corrected chi connectivity index (χ3v) is 3.38. The zero-order valence-electron chi connectivity index (χ0n) is 11.8. The summed E-state index contributed by atoms with van der Waals surface area (Å²) in [7, 11) is 1.94. The molecule has 0 spiro atoms. The molecule has 3 aromatic rings. The zero-order chi connectivity index (χ0) is 13.9. The van der Waals surface area contributed by atoms with Gasteiger partial charge in [0.25, 0.3) is 0 Å². The summed E-state index contributed by atoms with van der Waals surface area (Å²) < 4.78 is 1.83. The first-order valence-electron chi connectivity index (χ1n) is 6.80. The maximum Gasteiger partial charge on any atom is 0.129 e. The Balaban J connectivity index is 1.72. The normalized spacial score (nSPS) is 10.9. The van der Waals surface area contributed by atoms with Crippen LogP contribution in [-0.2, 0) is 13.5 Å². The summed E-state index contributed by atoms with van der Waals surface area (Å²) in [4.78, 5) is 4.68. The third-order valence-electron chi connectivity index (χ3n) is 3.38. The Morgan fingerprint density at radius 1 is 1.25 bits per heavy atom. The highest BCUT2D eigenvalue weighted by molar-refractivity contribution is 5.81. The molecule has 0 unspecified atom stereocenters. The number of hydrogen-bond acceptors (Lipinski definition) is 3. The van der Waals surface area contributed by atoms with Crippen molar-refractivity contribution in [3.63, 3.8) is 0 Å². The van der Waals surface area contributed by atoms with Crippen LogP contribution in [0.4, 0.5) is 5.82 Å². The molecule has 2 aromatic heterocycles. The highest BCUT2D eigenvalue weighted by atomic mass is 15.2. The van der Waals surface area contributed by atoms with Crippen molar-refractivity contribution in [2.75, 3.05) is 11.9 Å². The molecule has 20 heavy (non-hydrogen) atoms. The number of nitrogens with zero attached hydrogens (tertiary/aromatic N) is 3. The number of para-hydroxylation sites is 1. The minimum absolute atomic E-state index is 0.859. The van der Waals surface area contributed by atoms with Crippen molar-refractivity contribution in [3.05, 3.63) is 53.9 Å². The van der Waals surface area contributed by atoms with Crippen molar-refractivity contribution in [1.82, 2.24) is 14.8 Å². The number of nitrogens with one attached hydrogen (secondary N) is 1. The molecule has 0 aliphatic carbocycles. The number of rotatable bonds is 4. The first-order valence-corrected chi connectivity index (χ1v) is 6.80. The molecule has 0 aliphatic rings. The van der Waals surface area contributed by atoms with E-state index in [0.717, 1.165) is 24.3 Å². The quantitative estimate of drug-likeness (QED) is 0.789. The van der Waals surface area contributed by atoms with E-state index in [1.807, 2.05) is 42.3 Å². The molecule has 2 heterocycles. The van der Waals surface area contributed by atoms with Gasteiger partial charge in [0.15, 0.2) is 0 Å². The summed E-state index contributed by atoms with van der Waals surface area (Å²) >= 11 is 0. The molecule has 4 nitrogen and oxygen atoms in total. The predicted octanol–water partition coefficient (Wildman–Crippen LogP) is 2.93. The van der Waals surface area contributed by atoms with Gasteiger partial charge in [0.1, 0.15) is 5.82 Å². The maximum absolute atomic E-state index is 4.68. The topological polar surface area (TPSA) is 42.7 Å². The fraction of sp³-hybridized carbons (Fsp3) is 0.250. The van der Waals surface area contributed by atoms with Gasteiger partial charge >= 0.3 is 0 Å². The van der Waals surface area contributed by atoms with Crippen LogP contribution in [0, 0.1) is 6.92 Å². The number of benzene rings is 1. The van der Waals surface area contributed by atoms with E-state index in [9.17, 15) is 0 Å². The smallest absolute Gasteiger partial charge is 0.129 e. The van der Waals surface area contributed by atoms with E-state index >= 15 is 0 Å². The van der Waals surface area contributed by atoms with Crippen LogP contribution >= 0.6 is 0 Å². The predicted molar refractivity (Wildman–Crippen MR) is 81.9 cm³/mol. The highest BCUT2D eigenvalue weighted by Crippen LogP contribution is 2.19. The van der Waals surface area contributed by atoms with E-state index in [4.69, 9.17) is 0 Å². The SMILES string of the molecule is Cc1cc2ccccc2nc1NCCc1cnn(C)c1. The van der Waals surface area contributed by atoms with Crippen LogP contribution in [-0.4, -0.2) is 21.3 Å². The van der Waals surface area contributed by atoms with E-state index in [1.54, 1.807) is 0 Å². The first-order chi connectivity index (χ1) is 9.72. The Kier molecular flexibility index (Phi) is 3.37. The summed E-state index contributed by atoms with van der Waals surface area (Å²) in [5.74, 6) is 0.965. The van der Waals surface area contributed by atoms with Gasteiger partial charge < -0.3 is 5.32 Å². The minimum Gasteiger partial charge on any atom is -0.369 e. The lowest BCUT2D eigenvalue weighted by atomic mass is 10.1. The number of aromatic nitrogens is 3. The Hall–Kier alpha value is -2.36. The number of anilines is 1. The summed E-state index contributed by atoms with van der Waals surface area (Å²) in [6, 6.07) is 10.4. The van der Waals surface area contributed by atoms with E-state index in [1.165, 1.54) is 16.5 Å². The van der Waals surface area contributed by atoms with Gasteiger partial charge in [-0.05, 0) is 36.6 Å². The largest absolute Gasteiger partial charge is 0.369 e. The van der Waals surface area contributed by atoms with Gasteiger partial charge in [0, 0.05) is 25.2 Å². The Labute approximate surface area is 118 Å². The van der Waals surface area contributed by atoms with Gasteiger partial charge in [0.2, 0.25) is 0 Å². The van der Waals surface area contributed by atoms with E-state index in [2.05, 4.69) is 34.5 Å². The van der Waals surface area contributed by atoms with Crippen LogP contribution in [0.3, 0.4) is 0 Å². The molecule has 0 aliphatic heterocycles. The van der Waals surface area contributed by atoms with Crippen LogP contribution in [0.15, 0.2) is 42.7 Å². The molecule has 3 rings (SSSR count). The lowest BCUT2D eigenvalue weighted by Crippen LogP contribution is -2.07.